The summed E-state index contributed by atoms with van der Waals surface area (Å²) in [7, 11) is 1.57. The van der Waals surface area contributed by atoms with Gasteiger partial charge in [-0.1, -0.05) is 28.1 Å². The number of anilines is 1. The summed E-state index contributed by atoms with van der Waals surface area (Å²) in [5.74, 6) is 0.925. The summed E-state index contributed by atoms with van der Waals surface area (Å²) in [4.78, 5) is 12.2. The summed E-state index contributed by atoms with van der Waals surface area (Å²) in [6.07, 6.45) is -0.639. The zero-order valence-electron chi connectivity index (χ0n) is 12.7. The van der Waals surface area contributed by atoms with Crippen molar-refractivity contribution in [2.24, 2.45) is 0 Å². The summed E-state index contributed by atoms with van der Waals surface area (Å²) in [6, 6.07) is 12.9. The highest BCUT2D eigenvalue weighted by atomic mass is 79.9. The van der Waals surface area contributed by atoms with E-state index >= 15 is 0 Å². The van der Waals surface area contributed by atoms with Crippen LogP contribution in [0.1, 0.15) is 12.5 Å². The first-order chi connectivity index (χ1) is 10.5. The van der Waals surface area contributed by atoms with Gasteiger partial charge in [-0.25, -0.2) is 0 Å². The molecule has 22 heavy (non-hydrogen) atoms. The maximum absolute atomic E-state index is 12.2. The predicted molar refractivity (Wildman–Crippen MR) is 90.6 cm³/mol. The van der Waals surface area contributed by atoms with Crippen molar-refractivity contribution in [3.63, 3.8) is 0 Å². The molecule has 5 heteroatoms. The molecule has 0 aromatic heterocycles. The van der Waals surface area contributed by atoms with Crippen LogP contribution in [0.25, 0.3) is 0 Å². The van der Waals surface area contributed by atoms with Gasteiger partial charge >= 0.3 is 0 Å². The van der Waals surface area contributed by atoms with Gasteiger partial charge in [0.1, 0.15) is 0 Å². The van der Waals surface area contributed by atoms with Crippen molar-refractivity contribution in [1.82, 2.24) is 0 Å². The Morgan fingerprint density at radius 2 is 1.86 bits per heavy atom. The van der Waals surface area contributed by atoms with Gasteiger partial charge in [0.05, 0.1) is 7.11 Å². The van der Waals surface area contributed by atoms with Crippen LogP contribution in [0.15, 0.2) is 46.9 Å². The topological polar surface area (TPSA) is 47.6 Å². The largest absolute Gasteiger partial charge is 0.493 e. The molecule has 0 saturated heterocycles. The molecule has 2 aromatic carbocycles. The van der Waals surface area contributed by atoms with Crippen molar-refractivity contribution in [2.45, 2.75) is 20.0 Å². The van der Waals surface area contributed by atoms with Crippen molar-refractivity contribution < 1.29 is 14.3 Å². The zero-order valence-corrected chi connectivity index (χ0v) is 14.3. The van der Waals surface area contributed by atoms with E-state index in [-0.39, 0.29) is 5.91 Å². The average molecular weight is 364 g/mol. The molecular formula is C17H18BrNO3. The molecule has 0 aliphatic heterocycles. The van der Waals surface area contributed by atoms with Crippen LogP contribution < -0.4 is 14.8 Å². The molecule has 0 radical (unpaired) electrons. The first-order valence-corrected chi connectivity index (χ1v) is 7.67. The third-order valence-corrected chi connectivity index (χ3v) is 4.06. The van der Waals surface area contributed by atoms with Crippen LogP contribution in [0.3, 0.4) is 0 Å². The number of rotatable bonds is 5. The molecular weight excluding hydrogens is 346 g/mol. The Morgan fingerprint density at radius 3 is 2.50 bits per heavy atom. The van der Waals surface area contributed by atoms with Crippen LogP contribution in [0.2, 0.25) is 0 Å². The average Bonchev–Trinajstić information content (AvgIpc) is 2.51. The Morgan fingerprint density at radius 1 is 1.18 bits per heavy atom. The fourth-order valence-corrected chi connectivity index (χ4v) is 2.17. The number of para-hydroxylation sites is 2. The van der Waals surface area contributed by atoms with E-state index in [9.17, 15) is 4.79 Å². The summed E-state index contributed by atoms with van der Waals surface area (Å²) < 4.78 is 11.9. The maximum atomic E-state index is 12.2. The molecule has 4 nitrogen and oxygen atoms in total. The van der Waals surface area contributed by atoms with Crippen molar-refractivity contribution >= 4 is 27.5 Å². The van der Waals surface area contributed by atoms with Gasteiger partial charge in [0.15, 0.2) is 17.6 Å². The first kappa shape index (κ1) is 16.4. The van der Waals surface area contributed by atoms with Crippen LogP contribution in [0.4, 0.5) is 5.69 Å². The number of amides is 1. The quantitative estimate of drug-likeness (QED) is 0.866. The first-order valence-electron chi connectivity index (χ1n) is 6.88. The third kappa shape index (κ3) is 4.01. The number of aryl methyl sites for hydroxylation is 1. The van der Waals surface area contributed by atoms with E-state index in [1.807, 2.05) is 37.3 Å². The molecule has 116 valence electrons. The number of methoxy groups -OCH3 is 1. The highest BCUT2D eigenvalue weighted by Gasteiger charge is 2.17. The molecule has 0 aliphatic rings. The monoisotopic (exact) mass is 363 g/mol. The molecule has 0 saturated carbocycles. The van der Waals surface area contributed by atoms with Crippen molar-refractivity contribution in [3.8, 4) is 11.5 Å². The molecule has 1 amide bonds. The van der Waals surface area contributed by atoms with E-state index < -0.39 is 6.10 Å². The summed E-state index contributed by atoms with van der Waals surface area (Å²) >= 11 is 3.43. The van der Waals surface area contributed by atoms with E-state index in [1.165, 1.54) is 0 Å². The summed E-state index contributed by atoms with van der Waals surface area (Å²) in [5.41, 5.74) is 1.79. The molecule has 2 rings (SSSR count). The maximum Gasteiger partial charge on any atom is 0.265 e. The van der Waals surface area contributed by atoms with Crippen LogP contribution in [0.5, 0.6) is 11.5 Å². The molecule has 0 spiro atoms. The van der Waals surface area contributed by atoms with Gasteiger partial charge in [-0.05, 0) is 49.7 Å². The SMILES string of the molecule is COc1ccccc1O[C@@H](C)C(=O)Nc1ccc(Br)c(C)c1. The van der Waals surface area contributed by atoms with Crippen molar-refractivity contribution in [1.29, 1.82) is 0 Å². The number of carbonyl (C=O) groups is 1. The molecule has 0 unspecified atom stereocenters. The molecule has 0 fully saturated rings. The lowest BCUT2D eigenvalue weighted by Gasteiger charge is -2.17. The second-order valence-electron chi connectivity index (χ2n) is 4.86. The third-order valence-electron chi connectivity index (χ3n) is 3.17. The van der Waals surface area contributed by atoms with Crippen LogP contribution >= 0.6 is 15.9 Å². The minimum atomic E-state index is -0.639. The number of ether oxygens (including phenoxy) is 2. The predicted octanol–water partition coefficient (Wildman–Crippen LogP) is 4.17. The second-order valence-corrected chi connectivity index (χ2v) is 5.72. The van der Waals surface area contributed by atoms with Gasteiger partial charge in [-0.2, -0.15) is 0 Å². The van der Waals surface area contributed by atoms with Gasteiger partial charge < -0.3 is 14.8 Å². The standard InChI is InChI=1S/C17H18BrNO3/c1-11-10-13(8-9-14(11)18)19-17(20)12(2)22-16-7-5-4-6-15(16)21-3/h4-10,12H,1-3H3,(H,19,20)/t12-/m0/s1. The van der Waals surface area contributed by atoms with Gasteiger partial charge in [0, 0.05) is 10.2 Å². The molecule has 1 N–H and O–H groups in total. The zero-order chi connectivity index (χ0) is 16.1. The number of hydrogen-bond donors (Lipinski definition) is 1. The Kier molecular flexibility index (Phi) is 5.44. The van der Waals surface area contributed by atoms with E-state index in [0.717, 1.165) is 15.7 Å². The molecule has 0 aliphatic carbocycles. The number of halogens is 1. The van der Waals surface area contributed by atoms with Gasteiger partial charge in [0.2, 0.25) is 0 Å². The van der Waals surface area contributed by atoms with E-state index in [2.05, 4.69) is 21.2 Å². The number of nitrogens with one attached hydrogen (secondary N) is 1. The number of hydrogen-bond acceptors (Lipinski definition) is 3. The van der Waals surface area contributed by atoms with E-state index in [4.69, 9.17) is 9.47 Å². The van der Waals surface area contributed by atoms with Crippen LogP contribution in [0, 0.1) is 6.92 Å². The summed E-state index contributed by atoms with van der Waals surface area (Å²) in [5, 5.41) is 2.84. The van der Waals surface area contributed by atoms with E-state index in [1.54, 1.807) is 26.2 Å². The Hall–Kier alpha value is -2.01. The molecule has 1 atom stereocenters. The fourth-order valence-electron chi connectivity index (χ4n) is 1.93. The number of benzene rings is 2. The smallest absolute Gasteiger partial charge is 0.265 e. The van der Waals surface area contributed by atoms with E-state index in [0.29, 0.717) is 11.5 Å². The lowest BCUT2D eigenvalue weighted by atomic mass is 10.2. The molecule has 2 aromatic rings. The Labute approximate surface area is 138 Å². The number of carbonyl (C=O) groups excluding carboxylic acids is 1. The minimum Gasteiger partial charge on any atom is -0.493 e. The van der Waals surface area contributed by atoms with Crippen molar-refractivity contribution in [2.75, 3.05) is 12.4 Å². The lowest BCUT2D eigenvalue weighted by Crippen LogP contribution is -2.30. The normalized spacial score (nSPS) is 11.6. The van der Waals surface area contributed by atoms with Gasteiger partial charge in [-0.15, -0.1) is 0 Å². The van der Waals surface area contributed by atoms with Gasteiger partial charge in [-0.3, -0.25) is 4.79 Å². The minimum absolute atomic E-state index is 0.215. The van der Waals surface area contributed by atoms with Crippen LogP contribution in [-0.4, -0.2) is 19.1 Å². The van der Waals surface area contributed by atoms with Crippen molar-refractivity contribution in [3.05, 3.63) is 52.5 Å². The summed E-state index contributed by atoms with van der Waals surface area (Å²) in [6.45, 7) is 3.67. The molecule has 0 heterocycles. The fraction of sp³-hybridized carbons (Fsp3) is 0.235. The Balaban J connectivity index is 2.04. The highest BCUT2D eigenvalue weighted by molar-refractivity contribution is 9.10. The Bertz CT molecular complexity index is 673. The van der Waals surface area contributed by atoms with Crippen LogP contribution in [-0.2, 0) is 4.79 Å². The molecule has 0 bridgehead atoms. The highest BCUT2D eigenvalue weighted by Crippen LogP contribution is 2.27. The second kappa shape index (κ2) is 7.31. The lowest BCUT2D eigenvalue weighted by molar-refractivity contribution is -0.122. The van der Waals surface area contributed by atoms with Gasteiger partial charge in [0.25, 0.3) is 5.91 Å².